The van der Waals surface area contributed by atoms with Gasteiger partial charge < -0.3 is 9.47 Å². The zero-order valence-corrected chi connectivity index (χ0v) is 16.6. The third-order valence-electron chi connectivity index (χ3n) is 4.26. The van der Waals surface area contributed by atoms with Crippen LogP contribution in [0.2, 0.25) is 0 Å². The molecule has 0 aliphatic carbocycles. The number of hydrogen-bond acceptors (Lipinski definition) is 4. The molecule has 2 aromatic rings. The molecule has 0 spiro atoms. The van der Waals surface area contributed by atoms with Gasteiger partial charge in [-0.25, -0.2) is 0 Å². The molecule has 0 heterocycles. The van der Waals surface area contributed by atoms with E-state index in [4.69, 9.17) is 9.47 Å². The Morgan fingerprint density at radius 1 is 1.14 bits per heavy atom. The van der Waals surface area contributed by atoms with Crippen LogP contribution in [-0.2, 0) is 9.53 Å². The van der Waals surface area contributed by atoms with E-state index in [2.05, 4.69) is 29.9 Å². The summed E-state index contributed by atoms with van der Waals surface area (Å²) in [5.74, 6) is 7.01. The van der Waals surface area contributed by atoms with Crippen molar-refractivity contribution in [1.82, 2.24) is 4.90 Å². The summed E-state index contributed by atoms with van der Waals surface area (Å²) in [4.78, 5) is 14.1. The molecule has 0 bridgehead atoms. The van der Waals surface area contributed by atoms with Gasteiger partial charge in [-0.05, 0) is 42.0 Å². The maximum absolute atomic E-state index is 12.0. The van der Waals surface area contributed by atoms with Crippen LogP contribution < -0.4 is 4.74 Å². The first-order chi connectivity index (χ1) is 13.6. The van der Waals surface area contributed by atoms with Crippen LogP contribution in [0.25, 0.3) is 10.8 Å². The Bertz CT molecular complexity index is 882. The van der Waals surface area contributed by atoms with Gasteiger partial charge in [-0.2, -0.15) is 0 Å². The maximum atomic E-state index is 12.0. The van der Waals surface area contributed by atoms with E-state index < -0.39 is 0 Å². The van der Waals surface area contributed by atoms with Gasteiger partial charge in [-0.1, -0.05) is 36.1 Å². The van der Waals surface area contributed by atoms with Crippen molar-refractivity contribution in [3.8, 4) is 17.6 Å². The van der Waals surface area contributed by atoms with Crippen LogP contribution in [-0.4, -0.2) is 43.7 Å². The van der Waals surface area contributed by atoms with Gasteiger partial charge in [-0.15, -0.1) is 13.2 Å². The first-order valence-corrected chi connectivity index (χ1v) is 9.32. The highest BCUT2D eigenvalue weighted by Gasteiger charge is 2.18. The topological polar surface area (TPSA) is 38.8 Å². The van der Waals surface area contributed by atoms with Crippen molar-refractivity contribution in [2.45, 2.75) is 19.4 Å². The highest BCUT2D eigenvalue weighted by atomic mass is 16.5. The molecule has 4 nitrogen and oxygen atoms in total. The van der Waals surface area contributed by atoms with E-state index in [9.17, 15) is 4.79 Å². The summed E-state index contributed by atoms with van der Waals surface area (Å²) in [6.45, 7) is 11.0. The Labute approximate surface area is 167 Å². The number of nitrogens with zero attached hydrogens (tertiary/aromatic N) is 1. The minimum absolute atomic E-state index is 0.202. The highest BCUT2D eigenvalue weighted by Crippen LogP contribution is 2.21. The van der Waals surface area contributed by atoms with Gasteiger partial charge in [0.2, 0.25) is 0 Å². The molecule has 4 heteroatoms. The summed E-state index contributed by atoms with van der Waals surface area (Å²) in [6.07, 6.45) is 3.80. The molecule has 2 rings (SSSR count). The molecule has 0 fully saturated rings. The molecule has 0 saturated heterocycles. The molecule has 0 N–H and O–H groups in total. The highest BCUT2D eigenvalue weighted by molar-refractivity contribution is 5.85. The van der Waals surface area contributed by atoms with Crippen molar-refractivity contribution in [2.24, 2.45) is 0 Å². The average Bonchev–Trinajstić information content (AvgIpc) is 2.70. The first kappa shape index (κ1) is 21.3. The number of rotatable bonds is 9. The predicted molar refractivity (Wildman–Crippen MR) is 114 cm³/mol. The van der Waals surface area contributed by atoms with E-state index in [0.717, 1.165) is 22.1 Å². The van der Waals surface area contributed by atoms with E-state index in [1.807, 2.05) is 36.4 Å². The fourth-order valence-corrected chi connectivity index (χ4v) is 2.91. The summed E-state index contributed by atoms with van der Waals surface area (Å²) in [5.41, 5.74) is 0.892. The van der Waals surface area contributed by atoms with Crippen LogP contribution in [0.3, 0.4) is 0 Å². The lowest BCUT2D eigenvalue weighted by atomic mass is 10.1. The summed E-state index contributed by atoms with van der Waals surface area (Å²) >= 11 is 0. The molecule has 0 amide bonds. The molecule has 2 aromatic carbocycles. The molecule has 0 saturated carbocycles. The van der Waals surface area contributed by atoms with Gasteiger partial charge >= 0.3 is 5.97 Å². The number of carbonyl (C=O) groups is 1. The minimum Gasteiger partial charge on any atom is -0.497 e. The second kappa shape index (κ2) is 11.0. The number of benzene rings is 2. The fraction of sp³-hybridized carbons (Fsp3) is 0.292. The Balaban J connectivity index is 2.30. The Kier molecular flexibility index (Phi) is 8.33. The van der Waals surface area contributed by atoms with Gasteiger partial charge in [0.15, 0.2) is 0 Å². The van der Waals surface area contributed by atoms with Crippen LogP contribution >= 0.6 is 0 Å². The summed E-state index contributed by atoms with van der Waals surface area (Å²) < 4.78 is 10.4. The van der Waals surface area contributed by atoms with E-state index in [1.54, 1.807) is 26.2 Å². The number of methoxy groups -OCH3 is 1. The fourth-order valence-electron chi connectivity index (χ4n) is 2.91. The summed E-state index contributed by atoms with van der Waals surface area (Å²) in [6, 6.07) is 11.7. The quantitative estimate of drug-likeness (QED) is 0.373. The Morgan fingerprint density at radius 2 is 1.82 bits per heavy atom. The molecular weight excluding hydrogens is 350 g/mol. The lowest BCUT2D eigenvalue weighted by Crippen LogP contribution is -2.36. The van der Waals surface area contributed by atoms with Crippen LogP contribution in [0, 0.1) is 11.8 Å². The Morgan fingerprint density at radius 3 is 2.46 bits per heavy atom. The predicted octanol–water partition coefficient (Wildman–Crippen LogP) is 4.20. The SMILES string of the molecule is C=CCN(CC=C)C(C#Cc1ccc2cc(OC)ccc2c1)CC(=O)OCC. The van der Waals surface area contributed by atoms with Crippen molar-refractivity contribution in [3.63, 3.8) is 0 Å². The number of ether oxygens (including phenoxy) is 2. The third-order valence-corrected chi connectivity index (χ3v) is 4.26. The minimum atomic E-state index is -0.276. The molecule has 1 unspecified atom stereocenters. The average molecular weight is 377 g/mol. The molecule has 0 radical (unpaired) electrons. The Hall–Kier alpha value is -3.03. The number of hydrogen-bond donors (Lipinski definition) is 0. The molecular formula is C24H27NO3. The molecule has 0 aliphatic rings. The normalized spacial score (nSPS) is 11.4. The lowest BCUT2D eigenvalue weighted by Gasteiger charge is -2.25. The van der Waals surface area contributed by atoms with Crippen LogP contribution in [0.5, 0.6) is 5.75 Å². The van der Waals surface area contributed by atoms with E-state index >= 15 is 0 Å². The van der Waals surface area contributed by atoms with Gasteiger partial charge in [0.1, 0.15) is 5.75 Å². The number of carbonyl (C=O) groups excluding carboxylic acids is 1. The van der Waals surface area contributed by atoms with Gasteiger partial charge in [0.25, 0.3) is 0 Å². The number of fused-ring (bicyclic) bond motifs is 1. The van der Waals surface area contributed by atoms with Crippen molar-refractivity contribution in [1.29, 1.82) is 0 Å². The van der Waals surface area contributed by atoms with Crippen molar-refractivity contribution < 1.29 is 14.3 Å². The monoisotopic (exact) mass is 377 g/mol. The van der Waals surface area contributed by atoms with E-state index in [1.165, 1.54) is 0 Å². The van der Waals surface area contributed by atoms with Gasteiger partial charge in [0.05, 0.1) is 26.2 Å². The second-order valence-corrected chi connectivity index (χ2v) is 6.25. The summed E-state index contributed by atoms with van der Waals surface area (Å²) in [7, 11) is 1.66. The van der Waals surface area contributed by atoms with Crippen LogP contribution in [0.4, 0.5) is 0 Å². The molecule has 0 aromatic heterocycles. The van der Waals surface area contributed by atoms with Gasteiger partial charge in [-0.3, -0.25) is 9.69 Å². The van der Waals surface area contributed by atoms with Gasteiger partial charge in [0, 0.05) is 18.7 Å². The zero-order valence-electron chi connectivity index (χ0n) is 16.6. The molecule has 146 valence electrons. The molecule has 28 heavy (non-hydrogen) atoms. The third kappa shape index (κ3) is 6.00. The largest absolute Gasteiger partial charge is 0.497 e. The number of esters is 1. The van der Waals surface area contributed by atoms with Crippen molar-refractivity contribution in [3.05, 3.63) is 67.3 Å². The second-order valence-electron chi connectivity index (χ2n) is 6.25. The van der Waals surface area contributed by atoms with Crippen molar-refractivity contribution >= 4 is 16.7 Å². The van der Waals surface area contributed by atoms with E-state index in [-0.39, 0.29) is 18.4 Å². The lowest BCUT2D eigenvalue weighted by molar-refractivity contribution is -0.144. The zero-order chi connectivity index (χ0) is 20.4. The molecule has 1 atom stereocenters. The molecule has 0 aliphatic heterocycles. The standard InChI is InChI=1S/C24H27NO3/c1-5-14-25(15-6-2)22(18-24(26)28-7-3)12-9-19-8-10-21-17-23(27-4)13-11-20(21)16-19/h5-6,8,10-11,13,16-17,22H,1-2,7,14-15,18H2,3-4H3. The van der Waals surface area contributed by atoms with Crippen LogP contribution in [0.15, 0.2) is 61.7 Å². The van der Waals surface area contributed by atoms with Crippen molar-refractivity contribution in [2.75, 3.05) is 26.8 Å². The van der Waals surface area contributed by atoms with E-state index in [0.29, 0.717) is 19.7 Å². The summed E-state index contributed by atoms with van der Waals surface area (Å²) in [5, 5.41) is 2.18. The van der Waals surface area contributed by atoms with Crippen LogP contribution in [0.1, 0.15) is 18.9 Å². The first-order valence-electron chi connectivity index (χ1n) is 9.32. The smallest absolute Gasteiger partial charge is 0.308 e. The maximum Gasteiger partial charge on any atom is 0.308 e.